The number of likely N-dealkylation sites (tertiary alicyclic amines) is 1. The summed E-state index contributed by atoms with van der Waals surface area (Å²) < 4.78 is 11.1. The molecule has 2 aliphatic rings. The zero-order chi connectivity index (χ0) is 18.3. The molecule has 0 spiro atoms. The van der Waals surface area contributed by atoms with Crippen LogP contribution < -0.4 is 10.6 Å². The number of piperidine rings is 1. The third kappa shape index (κ3) is 8.28. The first-order chi connectivity index (χ1) is 11.9. The van der Waals surface area contributed by atoms with Crippen LogP contribution in [0.3, 0.4) is 0 Å². The maximum Gasteiger partial charge on any atom is 0.410 e. The fourth-order valence-corrected chi connectivity index (χ4v) is 3.12. The van der Waals surface area contributed by atoms with E-state index in [1.54, 1.807) is 7.05 Å². The molecule has 0 aromatic carbocycles. The van der Waals surface area contributed by atoms with Crippen molar-refractivity contribution in [2.75, 3.05) is 39.8 Å². The van der Waals surface area contributed by atoms with E-state index in [4.69, 9.17) is 9.47 Å². The van der Waals surface area contributed by atoms with Crippen molar-refractivity contribution in [2.24, 2.45) is 10.9 Å². The highest BCUT2D eigenvalue weighted by Crippen LogP contribution is 2.19. The smallest absolute Gasteiger partial charge is 0.410 e. The maximum atomic E-state index is 12.1. The molecule has 2 N–H and O–H groups in total. The van der Waals surface area contributed by atoms with Gasteiger partial charge in [0.1, 0.15) is 5.60 Å². The fourth-order valence-electron chi connectivity index (χ4n) is 3.12. The summed E-state index contributed by atoms with van der Waals surface area (Å²) in [6, 6.07) is 0. The Morgan fingerprint density at radius 3 is 2.38 bits per heavy atom. The molecule has 0 saturated carbocycles. The molecule has 26 heavy (non-hydrogen) atoms. The number of carbonyl (C=O) groups excluding carboxylic acids is 1. The van der Waals surface area contributed by atoms with Crippen LogP contribution in [0.5, 0.6) is 0 Å². The molecule has 0 aliphatic carbocycles. The van der Waals surface area contributed by atoms with E-state index in [1.807, 2.05) is 25.7 Å². The van der Waals surface area contributed by atoms with E-state index < -0.39 is 5.60 Å². The van der Waals surface area contributed by atoms with Gasteiger partial charge >= 0.3 is 6.09 Å². The normalized spacial score (nSPS) is 21.9. The molecule has 2 aliphatic heterocycles. The van der Waals surface area contributed by atoms with Gasteiger partial charge in [-0.25, -0.2) is 4.79 Å². The van der Waals surface area contributed by atoms with Crippen LogP contribution in [0.25, 0.3) is 0 Å². The van der Waals surface area contributed by atoms with E-state index in [0.29, 0.717) is 12.0 Å². The monoisotopic (exact) mass is 482 g/mol. The van der Waals surface area contributed by atoms with Crippen LogP contribution in [-0.2, 0) is 9.47 Å². The van der Waals surface area contributed by atoms with Crippen LogP contribution in [-0.4, -0.2) is 68.5 Å². The quantitative estimate of drug-likeness (QED) is 0.366. The Morgan fingerprint density at radius 2 is 1.85 bits per heavy atom. The molecule has 2 heterocycles. The molecule has 0 aromatic heterocycles. The minimum absolute atomic E-state index is 0. The Bertz CT molecular complexity index is 454. The minimum Gasteiger partial charge on any atom is -0.444 e. The first-order valence-electron chi connectivity index (χ1n) is 9.41. The lowest BCUT2D eigenvalue weighted by Crippen LogP contribution is -2.46. The summed E-state index contributed by atoms with van der Waals surface area (Å²) in [6.45, 7) is 9.75. The molecule has 8 heteroatoms. The van der Waals surface area contributed by atoms with Crippen molar-refractivity contribution >= 4 is 36.0 Å². The van der Waals surface area contributed by atoms with Crippen LogP contribution in [0.15, 0.2) is 4.99 Å². The largest absolute Gasteiger partial charge is 0.444 e. The van der Waals surface area contributed by atoms with Crippen molar-refractivity contribution in [3.63, 3.8) is 0 Å². The average molecular weight is 482 g/mol. The number of amides is 1. The average Bonchev–Trinajstić information content (AvgIpc) is 3.07. The predicted octanol–water partition coefficient (Wildman–Crippen LogP) is 2.60. The lowest BCUT2D eigenvalue weighted by molar-refractivity contribution is 0.0185. The number of hydrogen-bond acceptors (Lipinski definition) is 4. The summed E-state index contributed by atoms with van der Waals surface area (Å²) >= 11 is 0. The number of aliphatic imine (C=N–C) groups is 1. The van der Waals surface area contributed by atoms with Gasteiger partial charge < -0.3 is 25.0 Å². The lowest BCUT2D eigenvalue weighted by Gasteiger charge is -2.33. The molecule has 1 unspecified atom stereocenters. The molecule has 0 radical (unpaired) electrons. The molecule has 1 atom stereocenters. The zero-order valence-corrected chi connectivity index (χ0v) is 18.9. The van der Waals surface area contributed by atoms with Crippen molar-refractivity contribution in [3.05, 3.63) is 0 Å². The molecule has 0 aromatic rings. The molecule has 2 fully saturated rings. The molecule has 0 bridgehead atoms. The van der Waals surface area contributed by atoms with Gasteiger partial charge in [-0.05, 0) is 52.4 Å². The molecule has 2 saturated heterocycles. The van der Waals surface area contributed by atoms with Gasteiger partial charge in [0.05, 0.1) is 6.10 Å². The van der Waals surface area contributed by atoms with Crippen LogP contribution >= 0.6 is 24.0 Å². The van der Waals surface area contributed by atoms with Crippen LogP contribution in [0.4, 0.5) is 4.79 Å². The summed E-state index contributed by atoms with van der Waals surface area (Å²) in [7, 11) is 1.79. The van der Waals surface area contributed by atoms with E-state index in [2.05, 4.69) is 15.6 Å². The Kier molecular flexibility index (Phi) is 9.99. The van der Waals surface area contributed by atoms with Gasteiger partial charge in [0.2, 0.25) is 0 Å². The van der Waals surface area contributed by atoms with Gasteiger partial charge in [-0.2, -0.15) is 0 Å². The third-order valence-electron chi connectivity index (χ3n) is 4.57. The first kappa shape index (κ1) is 23.3. The van der Waals surface area contributed by atoms with Gasteiger partial charge in [-0.1, -0.05) is 0 Å². The molecular formula is C18H35IN4O3. The number of ether oxygens (including phenoxy) is 2. The molecule has 7 nitrogen and oxygen atoms in total. The standard InChI is InChI=1S/C18H34N4O3.HI/c1-18(2,3)25-17(23)22-9-7-14(8-10-22)12-20-16(19-4)21-13-15-6-5-11-24-15;/h14-15H,5-13H2,1-4H3,(H2,19,20,21);1H. The Morgan fingerprint density at radius 1 is 1.19 bits per heavy atom. The van der Waals surface area contributed by atoms with Gasteiger partial charge in [0.25, 0.3) is 0 Å². The summed E-state index contributed by atoms with van der Waals surface area (Å²) in [4.78, 5) is 18.2. The zero-order valence-electron chi connectivity index (χ0n) is 16.5. The number of hydrogen-bond donors (Lipinski definition) is 2. The van der Waals surface area contributed by atoms with E-state index in [1.165, 1.54) is 0 Å². The number of halogens is 1. The molecular weight excluding hydrogens is 447 g/mol. The number of carbonyl (C=O) groups is 1. The van der Waals surface area contributed by atoms with E-state index in [-0.39, 0.29) is 30.1 Å². The third-order valence-corrected chi connectivity index (χ3v) is 4.57. The molecule has 2 rings (SSSR count). The first-order valence-corrected chi connectivity index (χ1v) is 9.41. The highest BCUT2D eigenvalue weighted by atomic mass is 127. The topological polar surface area (TPSA) is 75.2 Å². The second-order valence-electron chi connectivity index (χ2n) is 7.88. The van der Waals surface area contributed by atoms with Gasteiger partial charge in [0, 0.05) is 39.8 Å². The van der Waals surface area contributed by atoms with Crippen LogP contribution in [0, 0.1) is 5.92 Å². The Hall–Kier alpha value is -0.770. The van der Waals surface area contributed by atoms with E-state index >= 15 is 0 Å². The molecule has 152 valence electrons. The second kappa shape index (κ2) is 11.2. The van der Waals surface area contributed by atoms with Crippen LogP contribution in [0.2, 0.25) is 0 Å². The van der Waals surface area contributed by atoms with Crippen LogP contribution in [0.1, 0.15) is 46.5 Å². The SMILES string of the molecule is CN=C(NCC1CCN(C(=O)OC(C)(C)C)CC1)NCC1CCCO1.I. The highest BCUT2D eigenvalue weighted by molar-refractivity contribution is 14.0. The summed E-state index contributed by atoms with van der Waals surface area (Å²) in [6.07, 6.45) is 4.33. The predicted molar refractivity (Wildman–Crippen MR) is 114 cm³/mol. The van der Waals surface area contributed by atoms with E-state index in [0.717, 1.165) is 64.4 Å². The van der Waals surface area contributed by atoms with Crippen molar-refractivity contribution < 1.29 is 14.3 Å². The number of nitrogens with zero attached hydrogens (tertiary/aromatic N) is 2. The Labute approximate surface area is 174 Å². The number of nitrogens with one attached hydrogen (secondary N) is 2. The van der Waals surface area contributed by atoms with Gasteiger partial charge in [-0.3, -0.25) is 4.99 Å². The van der Waals surface area contributed by atoms with Crippen molar-refractivity contribution in [2.45, 2.75) is 58.2 Å². The number of guanidine groups is 1. The van der Waals surface area contributed by atoms with Crippen molar-refractivity contribution in [3.8, 4) is 0 Å². The van der Waals surface area contributed by atoms with Crippen molar-refractivity contribution in [1.82, 2.24) is 15.5 Å². The summed E-state index contributed by atoms with van der Waals surface area (Å²) in [5.74, 6) is 1.37. The maximum absolute atomic E-state index is 12.1. The minimum atomic E-state index is -0.434. The Balaban J connectivity index is 0.00000338. The van der Waals surface area contributed by atoms with Gasteiger partial charge in [0.15, 0.2) is 5.96 Å². The summed E-state index contributed by atoms with van der Waals surface area (Å²) in [5.41, 5.74) is -0.434. The molecule has 1 amide bonds. The van der Waals surface area contributed by atoms with E-state index in [9.17, 15) is 4.79 Å². The highest BCUT2D eigenvalue weighted by Gasteiger charge is 2.26. The summed E-state index contributed by atoms with van der Waals surface area (Å²) in [5, 5.41) is 6.73. The van der Waals surface area contributed by atoms with Gasteiger partial charge in [-0.15, -0.1) is 24.0 Å². The van der Waals surface area contributed by atoms with Crippen molar-refractivity contribution in [1.29, 1.82) is 0 Å². The lowest BCUT2D eigenvalue weighted by atomic mass is 9.97. The second-order valence-corrected chi connectivity index (χ2v) is 7.88. The fraction of sp³-hybridized carbons (Fsp3) is 0.889. The number of rotatable bonds is 4.